The van der Waals surface area contributed by atoms with Gasteiger partial charge in [-0.05, 0) is 38.7 Å². The molecule has 0 saturated carbocycles. The number of aryl methyl sites for hydroxylation is 2. The van der Waals surface area contributed by atoms with Gasteiger partial charge in [-0.15, -0.1) is 0 Å². The van der Waals surface area contributed by atoms with E-state index in [1.807, 2.05) is 13.8 Å². The van der Waals surface area contributed by atoms with Crippen LogP contribution in [-0.2, 0) is 7.05 Å². The van der Waals surface area contributed by atoms with Crippen LogP contribution in [0.2, 0.25) is 0 Å². The van der Waals surface area contributed by atoms with Crippen molar-refractivity contribution in [3.8, 4) is 11.4 Å². The van der Waals surface area contributed by atoms with E-state index in [0.717, 1.165) is 17.2 Å². The molecule has 0 aliphatic rings. The zero-order chi connectivity index (χ0) is 22.0. The molecule has 0 radical (unpaired) electrons. The minimum absolute atomic E-state index is 0.179. The summed E-state index contributed by atoms with van der Waals surface area (Å²) in [4.78, 5) is 27.9. The number of hydrogen-bond donors (Lipinski definition) is 1. The van der Waals surface area contributed by atoms with Crippen molar-refractivity contribution in [2.75, 3.05) is 5.32 Å². The van der Waals surface area contributed by atoms with Crippen LogP contribution in [0, 0.1) is 24.0 Å². The molecule has 0 unspecified atom stereocenters. The molecule has 3 rings (SSSR count). The van der Waals surface area contributed by atoms with Crippen LogP contribution in [0.1, 0.15) is 37.1 Å². The summed E-state index contributed by atoms with van der Waals surface area (Å²) in [6, 6.07) is 1.92. The normalized spacial score (nSPS) is 11.4. The maximum Gasteiger partial charge on any atom is 0.401 e. The number of hydrogen-bond acceptors (Lipinski definition) is 8. The minimum atomic E-state index is -0.567. The number of nitrogens with one attached hydrogen (secondary N) is 1. The highest BCUT2D eigenvalue weighted by molar-refractivity contribution is 5.79. The van der Waals surface area contributed by atoms with E-state index in [2.05, 4.69) is 55.4 Å². The zero-order valence-corrected chi connectivity index (χ0v) is 17.5. The van der Waals surface area contributed by atoms with Crippen molar-refractivity contribution in [3.05, 3.63) is 58.2 Å². The molecular formula is C19H23N9O2. The highest BCUT2D eigenvalue weighted by atomic mass is 16.6. The van der Waals surface area contributed by atoms with E-state index in [1.54, 1.807) is 19.3 Å². The van der Waals surface area contributed by atoms with E-state index in [4.69, 9.17) is 0 Å². The Hall–Kier alpha value is -3.89. The Kier molecular flexibility index (Phi) is 5.72. The van der Waals surface area contributed by atoms with Crippen LogP contribution in [0.25, 0.3) is 11.4 Å². The lowest BCUT2D eigenvalue weighted by Gasteiger charge is -2.11. The molecule has 0 atom stereocenters. The average Bonchev–Trinajstić information content (AvgIpc) is 3.19. The van der Waals surface area contributed by atoms with Crippen molar-refractivity contribution in [2.45, 2.75) is 33.7 Å². The van der Waals surface area contributed by atoms with Gasteiger partial charge in [0.25, 0.3) is 0 Å². The van der Waals surface area contributed by atoms with Crippen molar-refractivity contribution in [2.24, 2.45) is 12.0 Å². The first kappa shape index (κ1) is 20.8. The second-order valence-corrected chi connectivity index (χ2v) is 6.99. The predicted molar refractivity (Wildman–Crippen MR) is 113 cm³/mol. The molecule has 0 fully saturated rings. The van der Waals surface area contributed by atoms with Gasteiger partial charge in [0.2, 0.25) is 0 Å². The highest BCUT2D eigenvalue weighted by Gasteiger charge is 2.23. The Balaban J connectivity index is 1.79. The zero-order valence-electron chi connectivity index (χ0n) is 17.5. The summed E-state index contributed by atoms with van der Waals surface area (Å²) in [7, 11) is 1.60. The van der Waals surface area contributed by atoms with Crippen molar-refractivity contribution in [1.82, 2.24) is 29.3 Å². The molecule has 0 aliphatic heterocycles. The van der Waals surface area contributed by atoms with Crippen LogP contribution in [-0.4, -0.2) is 40.4 Å². The van der Waals surface area contributed by atoms with Gasteiger partial charge in [0.1, 0.15) is 28.7 Å². The van der Waals surface area contributed by atoms with E-state index in [0.29, 0.717) is 17.7 Å². The van der Waals surface area contributed by atoms with Gasteiger partial charge in [-0.2, -0.15) is 4.68 Å². The maximum absolute atomic E-state index is 11.2. The van der Waals surface area contributed by atoms with Gasteiger partial charge in [0.15, 0.2) is 5.82 Å². The molecule has 3 aromatic heterocycles. The van der Waals surface area contributed by atoms with Crippen LogP contribution in [0.3, 0.4) is 0 Å². The molecule has 30 heavy (non-hydrogen) atoms. The molecule has 1 N–H and O–H groups in total. The van der Waals surface area contributed by atoms with Gasteiger partial charge < -0.3 is 20.0 Å². The molecule has 11 nitrogen and oxygen atoms in total. The Morgan fingerprint density at radius 1 is 1.37 bits per heavy atom. The second kappa shape index (κ2) is 8.23. The molecule has 0 saturated heterocycles. The fourth-order valence-corrected chi connectivity index (χ4v) is 3.21. The number of anilines is 1. The number of nitro groups is 1. The summed E-state index contributed by atoms with van der Waals surface area (Å²) in [5, 5.41) is 18.0. The monoisotopic (exact) mass is 409 g/mol. The summed E-state index contributed by atoms with van der Waals surface area (Å²) in [6.07, 6.45) is 4.64. The lowest BCUT2D eigenvalue weighted by molar-refractivity contribution is -0.389. The van der Waals surface area contributed by atoms with Crippen LogP contribution < -0.4 is 5.32 Å². The number of rotatable bonds is 7. The van der Waals surface area contributed by atoms with Crippen molar-refractivity contribution < 1.29 is 4.92 Å². The van der Waals surface area contributed by atoms with Crippen LogP contribution in [0.15, 0.2) is 35.9 Å². The first-order valence-corrected chi connectivity index (χ1v) is 9.24. The largest absolute Gasteiger partial charge is 0.401 e. The number of nitrogens with zero attached hydrogens (tertiary/aromatic N) is 8. The fourth-order valence-electron chi connectivity index (χ4n) is 3.21. The average molecular weight is 409 g/mol. The smallest absolute Gasteiger partial charge is 0.358 e. The first-order chi connectivity index (χ1) is 14.2. The third-order valence-corrected chi connectivity index (χ3v) is 4.37. The van der Waals surface area contributed by atoms with Crippen molar-refractivity contribution in [1.29, 1.82) is 0 Å². The van der Waals surface area contributed by atoms with Crippen LogP contribution >= 0.6 is 0 Å². The molecule has 0 amide bonds. The second-order valence-electron chi connectivity index (χ2n) is 6.99. The maximum atomic E-state index is 11.2. The lowest BCUT2D eigenvalue weighted by Crippen LogP contribution is -2.05. The van der Waals surface area contributed by atoms with E-state index in [9.17, 15) is 10.1 Å². The number of aromatic nitrogens is 6. The van der Waals surface area contributed by atoms with E-state index in [-0.39, 0.29) is 17.2 Å². The molecule has 3 heterocycles. The third-order valence-electron chi connectivity index (χ3n) is 4.37. The molecule has 156 valence electrons. The van der Waals surface area contributed by atoms with E-state index >= 15 is 0 Å². The number of aliphatic imine (C=N–C) groups is 1. The first-order valence-electron chi connectivity index (χ1n) is 9.24. The summed E-state index contributed by atoms with van der Waals surface area (Å²) in [5.74, 6) is 1.54. The third kappa shape index (κ3) is 4.24. The summed E-state index contributed by atoms with van der Waals surface area (Å²) in [5.41, 5.74) is 2.01. The Labute approximate surface area is 173 Å². The van der Waals surface area contributed by atoms with Gasteiger partial charge >= 0.3 is 5.82 Å². The molecule has 0 spiro atoms. The standard InChI is InChI=1S/C19H23N9O2/c1-11(2)27-12(3)16(23-14(27)5)9-21-13(4)22-17-7-8-20-18(24-17)15-10-26(6)25-19(15)28(29)30/h7-11H,4H2,1-3,5-6H3,(H,20,22,24)/b21-9-. The van der Waals surface area contributed by atoms with E-state index < -0.39 is 4.92 Å². The van der Waals surface area contributed by atoms with Gasteiger partial charge in [-0.25, -0.2) is 19.9 Å². The van der Waals surface area contributed by atoms with Gasteiger partial charge in [0.05, 0.1) is 24.6 Å². The topological polar surface area (TPSA) is 129 Å². The SMILES string of the molecule is C=C(/N=C\c1nc(C)n(C(C)C)c1C)Nc1ccnc(-c2cn(C)nc2[N+](=O)[O-])n1. The summed E-state index contributed by atoms with van der Waals surface area (Å²) in [6.45, 7) is 12.0. The molecule has 0 aromatic carbocycles. The minimum Gasteiger partial charge on any atom is -0.358 e. The summed E-state index contributed by atoms with van der Waals surface area (Å²) >= 11 is 0. The molecular weight excluding hydrogens is 386 g/mol. The molecule has 0 aliphatic carbocycles. The van der Waals surface area contributed by atoms with Crippen LogP contribution in [0.5, 0.6) is 0 Å². The quantitative estimate of drug-likeness (QED) is 0.360. The van der Waals surface area contributed by atoms with Gasteiger partial charge in [-0.3, -0.25) is 0 Å². The van der Waals surface area contributed by atoms with E-state index in [1.165, 1.54) is 17.1 Å². The Morgan fingerprint density at radius 3 is 2.73 bits per heavy atom. The number of imidazole rings is 1. The Bertz CT molecular complexity index is 1140. The Morgan fingerprint density at radius 2 is 2.10 bits per heavy atom. The molecule has 3 aromatic rings. The van der Waals surface area contributed by atoms with Crippen LogP contribution in [0.4, 0.5) is 11.6 Å². The van der Waals surface area contributed by atoms with Crippen molar-refractivity contribution in [3.63, 3.8) is 0 Å². The summed E-state index contributed by atoms with van der Waals surface area (Å²) < 4.78 is 3.48. The lowest BCUT2D eigenvalue weighted by atomic mass is 10.3. The highest BCUT2D eigenvalue weighted by Crippen LogP contribution is 2.26. The molecule has 0 bridgehead atoms. The van der Waals surface area contributed by atoms with Gasteiger partial charge in [0, 0.05) is 17.9 Å². The fraction of sp³-hybridized carbons (Fsp3) is 0.316. The predicted octanol–water partition coefficient (Wildman–Crippen LogP) is 3.18. The molecule has 11 heteroatoms. The van der Waals surface area contributed by atoms with Crippen molar-refractivity contribution >= 4 is 17.9 Å². The van der Waals surface area contributed by atoms with Gasteiger partial charge in [-0.1, -0.05) is 6.58 Å².